The number of esters is 2. The minimum absolute atomic E-state index is 0.171. The minimum Gasteiger partial charge on any atom is -0.462 e. The summed E-state index contributed by atoms with van der Waals surface area (Å²) in [5, 5.41) is 18.3. The summed E-state index contributed by atoms with van der Waals surface area (Å²) < 4.78 is 32.6. The van der Waals surface area contributed by atoms with Crippen molar-refractivity contribution >= 4 is 19.8 Å². The van der Waals surface area contributed by atoms with Crippen LogP contribution in [-0.2, 0) is 32.7 Å². The van der Waals surface area contributed by atoms with Crippen LogP contribution in [0.1, 0.15) is 174 Å². The van der Waals surface area contributed by atoms with Crippen molar-refractivity contribution < 1.29 is 47.8 Å². The van der Waals surface area contributed by atoms with Crippen molar-refractivity contribution in [1.82, 2.24) is 0 Å². The summed E-state index contributed by atoms with van der Waals surface area (Å²) in [4.78, 5) is 34.9. The number of ether oxygens (including phenoxy) is 2. The Morgan fingerprint density at radius 2 is 1.00 bits per heavy atom. The Labute approximate surface area is 316 Å². The first kappa shape index (κ1) is 50.2. The Kier molecular flexibility index (Phi) is 36.2. The van der Waals surface area contributed by atoms with Gasteiger partial charge >= 0.3 is 19.8 Å². The molecule has 0 saturated carbocycles. The second-order valence-corrected chi connectivity index (χ2v) is 15.1. The fourth-order valence-corrected chi connectivity index (χ4v) is 6.10. The second-order valence-electron chi connectivity index (χ2n) is 13.7. The summed E-state index contributed by atoms with van der Waals surface area (Å²) in [5.74, 6) is -0.951. The fourth-order valence-electron chi connectivity index (χ4n) is 5.31. The maximum atomic E-state index is 12.6. The van der Waals surface area contributed by atoms with Gasteiger partial charge in [-0.1, -0.05) is 127 Å². The molecule has 304 valence electrons. The highest BCUT2D eigenvalue weighted by Crippen LogP contribution is 2.43. The molecule has 1 unspecified atom stereocenters. The largest absolute Gasteiger partial charge is 0.472 e. The predicted octanol–water partition coefficient (Wildman–Crippen LogP) is 10.4. The lowest BCUT2D eigenvalue weighted by molar-refractivity contribution is -0.161. The summed E-state index contributed by atoms with van der Waals surface area (Å²) in [5.41, 5.74) is 0. The highest BCUT2D eigenvalue weighted by molar-refractivity contribution is 7.47. The summed E-state index contributed by atoms with van der Waals surface area (Å²) >= 11 is 0. The van der Waals surface area contributed by atoms with Crippen LogP contribution in [-0.4, -0.2) is 65.7 Å². The quantitative estimate of drug-likeness (QED) is 0.0240. The number of phosphoric ester groups is 1. The number of hydrogen-bond donors (Lipinski definition) is 3. The maximum absolute atomic E-state index is 12.6. The van der Waals surface area contributed by atoms with Crippen molar-refractivity contribution in [2.75, 3.05) is 26.4 Å². The Bertz CT molecular complexity index is 967. The lowest BCUT2D eigenvalue weighted by Gasteiger charge is -2.20. The molecule has 0 heterocycles. The van der Waals surface area contributed by atoms with E-state index in [9.17, 15) is 24.2 Å². The van der Waals surface area contributed by atoms with Gasteiger partial charge in [0.25, 0.3) is 0 Å². The topological polar surface area (TPSA) is 149 Å². The lowest BCUT2D eigenvalue weighted by atomic mass is 10.1. The van der Waals surface area contributed by atoms with Crippen LogP contribution in [0.3, 0.4) is 0 Å². The van der Waals surface area contributed by atoms with Gasteiger partial charge in [-0.15, -0.1) is 0 Å². The van der Waals surface area contributed by atoms with Gasteiger partial charge in [-0.3, -0.25) is 18.6 Å². The van der Waals surface area contributed by atoms with Gasteiger partial charge in [0.05, 0.1) is 19.8 Å². The third kappa shape index (κ3) is 36.5. The maximum Gasteiger partial charge on any atom is 0.472 e. The minimum atomic E-state index is -4.62. The molecular weight excluding hydrogens is 683 g/mol. The monoisotopic (exact) mass is 759 g/mol. The molecule has 11 heteroatoms. The van der Waals surface area contributed by atoms with E-state index in [1.54, 1.807) is 0 Å². The molecule has 0 spiro atoms. The molecule has 0 fully saturated rings. The summed E-state index contributed by atoms with van der Waals surface area (Å²) in [6.07, 6.45) is 36.8. The molecule has 0 aromatic carbocycles. The Morgan fingerprint density at radius 3 is 1.54 bits per heavy atom. The van der Waals surface area contributed by atoms with Crippen LogP contribution in [0.5, 0.6) is 0 Å². The molecule has 0 bridgehead atoms. The van der Waals surface area contributed by atoms with Gasteiger partial charge in [0.15, 0.2) is 6.10 Å². The van der Waals surface area contributed by atoms with Crippen LogP contribution < -0.4 is 0 Å². The van der Waals surface area contributed by atoms with E-state index in [0.717, 1.165) is 83.5 Å². The van der Waals surface area contributed by atoms with E-state index in [0.29, 0.717) is 12.8 Å². The summed E-state index contributed by atoms with van der Waals surface area (Å²) in [6.45, 7) is 2.31. The Balaban J connectivity index is 4.37. The molecule has 0 amide bonds. The average molecular weight is 759 g/mol. The van der Waals surface area contributed by atoms with Crippen molar-refractivity contribution in [1.29, 1.82) is 0 Å². The zero-order valence-electron chi connectivity index (χ0n) is 32.8. The summed E-state index contributed by atoms with van der Waals surface area (Å²) in [7, 11) is -4.62. The molecule has 52 heavy (non-hydrogen) atoms. The summed E-state index contributed by atoms with van der Waals surface area (Å²) in [6, 6.07) is 0. The first-order chi connectivity index (χ1) is 25.2. The molecule has 0 saturated heterocycles. The van der Waals surface area contributed by atoms with Crippen LogP contribution in [0.15, 0.2) is 36.5 Å². The Morgan fingerprint density at radius 1 is 0.577 bits per heavy atom. The molecule has 0 aromatic rings. The predicted molar refractivity (Wildman–Crippen MR) is 210 cm³/mol. The SMILES string of the molecule is CCCCC/C=C/C/C=C/CCCCCCCC(=O)OC[C@H](COP(=O)(O)OC[C@@H](O)CO)OC(=O)CCCCCCC/C=C/CCCCCCC. The normalized spacial score (nSPS) is 14.3. The standard InChI is InChI=1S/C41H75O10P/c1-3-5-7-9-11-13-15-17-19-21-22-24-26-28-30-32-40(44)48-36-39(37-50-52(46,47)49-35-38(43)34-42)51-41(45)33-31-29-27-25-23-20-18-16-14-12-10-8-6-4-2/h11,13,16-19,38-39,42-43H,3-10,12,14-15,20-37H2,1-2H3,(H,46,47)/b13-11+,18-16+,19-17+/t38-,39+/m0/s1. The van der Waals surface area contributed by atoms with E-state index >= 15 is 0 Å². The number of rotatable bonds is 38. The van der Waals surface area contributed by atoms with Crippen molar-refractivity contribution in [2.45, 2.75) is 187 Å². The van der Waals surface area contributed by atoms with Gasteiger partial charge in [0, 0.05) is 12.8 Å². The highest BCUT2D eigenvalue weighted by atomic mass is 31.2. The van der Waals surface area contributed by atoms with Gasteiger partial charge in [0.1, 0.15) is 12.7 Å². The number of allylic oxidation sites excluding steroid dienone is 6. The third-order valence-corrected chi connectivity index (χ3v) is 9.47. The highest BCUT2D eigenvalue weighted by Gasteiger charge is 2.27. The smallest absolute Gasteiger partial charge is 0.462 e. The molecule has 0 rings (SSSR count). The molecule has 3 atom stereocenters. The van der Waals surface area contributed by atoms with Gasteiger partial charge in [-0.25, -0.2) is 4.57 Å². The van der Waals surface area contributed by atoms with E-state index in [1.807, 2.05) is 0 Å². The third-order valence-electron chi connectivity index (χ3n) is 8.52. The van der Waals surface area contributed by atoms with Crippen LogP contribution in [0.4, 0.5) is 0 Å². The van der Waals surface area contributed by atoms with Gasteiger partial charge < -0.3 is 24.6 Å². The number of carbonyl (C=O) groups excluding carboxylic acids is 2. The van der Waals surface area contributed by atoms with Gasteiger partial charge in [-0.2, -0.15) is 0 Å². The molecule has 0 aliphatic heterocycles. The van der Waals surface area contributed by atoms with E-state index in [4.69, 9.17) is 19.1 Å². The molecular formula is C41H75O10P. The van der Waals surface area contributed by atoms with E-state index in [-0.39, 0.29) is 19.4 Å². The fraction of sp³-hybridized carbons (Fsp3) is 0.805. The average Bonchev–Trinajstić information content (AvgIpc) is 3.13. The Hall–Kier alpha value is -1.81. The van der Waals surface area contributed by atoms with Crippen LogP contribution in [0, 0.1) is 0 Å². The molecule has 0 aliphatic carbocycles. The molecule has 0 radical (unpaired) electrons. The first-order valence-electron chi connectivity index (χ1n) is 20.4. The zero-order chi connectivity index (χ0) is 38.4. The van der Waals surface area contributed by atoms with Crippen molar-refractivity contribution in [3.8, 4) is 0 Å². The van der Waals surface area contributed by atoms with Crippen LogP contribution in [0.25, 0.3) is 0 Å². The number of aliphatic hydroxyl groups is 2. The molecule has 0 aliphatic rings. The number of hydrogen-bond acceptors (Lipinski definition) is 9. The second kappa shape index (κ2) is 37.5. The number of aliphatic hydroxyl groups excluding tert-OH is 2. The van der Waals surface area contributed by atoms with Gasteiger partial charge in [0.2, 0.25) is 0 Å². The number of phosphoric acid groups is 1. The van der Waals surface area contributed by atoms with Crippen molar-refractivity contribution in [3.63, 3.8) is 0 Å². The van der Waals surface area contributed by atoms with Crippen molar-refractivity contribution in [2.24, 2.45) is 0 Å². The van der Waals surface area contributed by atoms with Crippen LogP contribution in [0.2, 0.25) is 0 Å². The van der Waals surface area contributed by atoms with Crippen LogP contribution >= 0.6 is 7.82 Å². The van der Waals surface area contributed by atoms with E-state index in [1.165, 1.54) is 51.4 Å². The molecule has 10 nitrogen and oxygen atoms in total. The molecule has 3 N–H and O–H groups in total. The number of unbranched alkanes of at least 4 members (excludes halogenated alkanes) is 18. The van der Waals surface area contributed by atoms with Gasteiger partial charge in [-0.05, 0) is 70.6 Å². The zero-order valence-corrected chi connectivity index (χ0v) is 33.7. The molecule has 0 aromatic heterocycles. The lowest BCUT2D eigenvalue weighted by Crippen LogP contribution is -2.29. The first-order valence-corrected chi connectivity index (χ1v) is 21.9. The van der Waals surface area contributed by atoms with E-state index < -0.39 is 51.8 Å². The van der Waals surface area contributed by atoms with E-state index in [2.05, 4.69) is 54.8 Å². The number of carbonyl (C=O) groups is 2. The van der Waals surface area contributed by atoms with Crippen molar-refractivity contribution in [3.05, 3.63) is 36.5 Å².